The van der Waals surface area contributed by atoms with E-state index in [1.165, 1.54) is 30.9 Å². The summed E-state index contributed by atoms with van der Waals surface area (Å²) >= 11 is 0. The topological polar surface area (TPSA) is 26.3 Å². The van der Waals surface area contributed by atoms with Crippen LogP contribution in [0.25, 0.3) is 0 Å². The largest absolute Gasteiger partial charge is 0.465 e. The van der Waals surface area contributed by atoms with Crippen LogP contribution in [0.4, 0.5) is 0 Å². The minimum absolute atomic E-state index is 0.157. The summed E-state index contributed by atoms with van der Waals surface area (Å²) in [6.07, 6.45) is 8.10. The molecule has 3 atom stereocenters. The first-order valence-corrected chi connectivity index (χ1v) is 7.39. The molecule has 0 saturated heterocycles. The van der Waals surface area contributed by atoms with Crippen molar-refractivity contribution in [1.29, 1.82) is 0 Å². The van der Waals surface area contributed by atoms with E-state index in [2.05, 4.69) is 26.5 Å². The molecule has 0 heterocycles. The number of ether oxygens (including phenoxy) is 1. The molecule has 0 N–H and O–H groups in total. The zero-order chi connectivity index (χ0) is 14.0. The van der Waals surface area contributed by atoms with Crippen LogP contribution in [0, 0.1) is 17.3 Å². The standard InChI is InChI=1S/C17H26O2/c1-12-6-5-7-13(2)15-10-17(4,11-19-14(3)18)16(15)9-8-12/h6,15-16H,2,5,7-11H2,1,3-4H3/b12-6+/t15-,16-,17-/m1/s1. The summed E-state index contributed by atoms with van der Waals surface area (Å²) in [6.45, 7) is 10.8. The lowest BCUT2D eigenvalue weighted by Gasteiger charge is -2.54. The molecule has 2 aliphatic rings. The van der Waals surface area contributed by atoms with Crippen LogP contribution in [0.15, 0.2) is 23.8 Å². The van der Waals surface area contributed by atoms with Gasteiger partial charge in [-0.15, -0.1) is 0 Å². The third kappa shape index (κ3) is 3.10. The van der Waals surface area contributed by atoms with Crippen molar-refractivity contribution in [3.63, 3.8) is 0 Å². The Morgan fingerprint density at radius 3 is 2.95 bits per heavy atom. The molecule has 0 bridgehead atoms. The SMILES string of the molecule is C=C1CC/C=C(\C)CC[C@@H]2[C@@H]1C[C@]2(C)COC(C)=O. The molecule has 0 radical (unpaired) electrons. The minimum Gasteiger partial charge on any atom is -0.465 e. The van der Waals surface area contributed by atoms with Crippen LogP contribution in [0.5, 0.6) is 0 Å². The number of fused-ring (bicyclic) bond motifs is 1. The van der Waals surface area contributed by atoms with Gasteiger partial charge in [-0.05, 0) is 50.9 Å². The van der Waals surface area contributed by atoms with Gasteiger partial charge in [0.25, 0.3) is 0 Å². The number of esters is 1. The normalized spacial score (nSPS) is 37.8. The number of hydrogen-bond donors (Lipinski definition) is 0. The summed E-state index contributed by atoms with van der Waals surface area (Å²) in [7, 11) is 0. The predicted molar refractivity (Wildman–Crippen MR) is 77.7 cm³/mol. The summed E-state index contributed by atoms with van der Waals surface area (Å²) in [5.74, 6) is 1.10. The van der Waals surface area contributed by atoms with E-state index in [0.29, 0.717) is 18.4 Å². The fourth-order valence-corrected chi connectivity index (χ4v) is 3.71. The smallest absolute Gasteiger partial charge is 0.302 e. The van der Waals surface area contributed by atoms with E-state index in [1.807, 2.05) is 0 Å². The van der Waals surface area contributed by atoms with Gasteiger partial charge in [-0.25, -0.2) is 0 Å². The maximum absolute atomic E-state index is 11.0. The highest BCUT2D eigenvalue weighted by Gasteiger charge is 2.51. The maximum Gasteiger partial charge on any atom is 0.302 e. The molecule has 0 aliphatic heterocycles. The molecule has 2 rings (SSSR count). The molecule has 0 aromatic carbocycles. The van der Waals surface area contributed by atoms with Gasteiger partial charge in [0, 0.05) is 12.3 Å². The monoisotopic (exact) mass is 262 g/mol. The van der Waals surface area contributed by atoms with E-state index >= 15 is 0 Å². The summed E-state index contributed by atoms with van der Waals surface area (Å²) in [5.41, 5.74) is 3.05. The van der Waals surface area contributed by atoms with Gasteiger partial charge in [-0.3, -0.25) is 4.79 Å². The minimum atomic E-state index is -0.164. The molecule has 1 saturated carbocycles. The van der Waals surface area contributed by atoms with Crippen molar-refractivity contribution in [1.82, 2.24) is 0 Å². The molecular weight excluding hydrogens is 236 g/mol. The van der Waals surface area contributed by atoms with E-state index in [1.54, 1.807) is 0 Å². The summed E-state index contributed by atoms with van der Waals surface area (Å²) in [6, 6.07) is 0. The van der Waals surface area contributed by atoms with Gasteiger partial charge in [0.1, 0.15) is 0 Å². The number of carbonyl (C=O) groups is 1. The van der Waals surface area contributed by atoms with Crippen molar-refractivity contribution in [3.05, 3.63) is 23.8 Å². The molecule has 106 valence electrons. The first-order valence-electron chi connectivity index (χ1n) is 7.39. The van der Waals surface area contributed by atoms with Gasteiger partial charge >= 0.3 is 5.97 Å². The van der Waals surface area contributed by atoms with Crippen LogP contribution >= 0.6 is 0 Å². The fourth-order valence-electron chi connectivity index (χ4n) is 3.71. The average Bonchev–Trinajstić information content (AvgIpc) is 2.37. The van der Waals surface area contributed by atoms with Crippen LogP contribution < -0.4 is 0 Å². The van der Waals surface area contributed by atoms with E-state index in [9.17, 15) is 4.79 Å². The van der Waals surface area contributed by atoms with Gasteiger partial charge in [-0.1, -0.05) is 30.7 Å². The molecule has 0 spiro atoms. The van der Waals surface area contributed by atoms with Crippen LogP contribution in [-0.4, -0.2) is 12.6 Å². The van der Waals surface area contributed by atoms with Crippen molar-refractivity contribution in [2.24, 2.45) is 17.3 Å². The predicted octanol–water partition coefficient (Wildman–Crippen LogP) is 4.27. The summed E-state index contributed by atoms with van der Waals surface area (Å²) < 4.78 is 5.28. The maximum atomic E-state index is 11.0. The lowest BCUT2D eigenvalue weighted by molar-refractivity contribution is -0.152. The highest BCUT2D eigenvalue weighted by molar-refractivity contribution is 5.65. The number of carbonyl (C=O) groups excluding carboxylic acids is 1. The van der Waals surface area contributed by atoms with E-state index in [0.717, 1.165) is 19.3 Å². The van der Waals surface area contributed by atoms with Crippen LogP contribution in [0.1, 0.15) is 52.9 Å². The molecule has 0 amide bonds. The van der Waals surface area contributed by atoms with Gasteiger partial charge in [-0.2, -0.15) is 0 Å². The quantitative estimate of drug-likeness (QED) is 0.549. The molecule has 0 aromatic rings. The van der Waals surface area contributed by atoms with Gasteiger partial charge in [0.15, 0.2) is 0 Å². The summed E-state index contributed by atoms with van der Waals surface area (Å²) in [4.78, 5) is 11.0. The van der Waals surface area contributed by atoms with Gasteiger partial charge in [0.05, 0.1) is 6.61 Å². The third-order valence-corrected chi connectivity index (χ3v) is 5.00. The molecule has 2 nitrogen and oxygen atoms in total. The Morgan fingerprint density at radius 1 is 1.53 bits per heavy atom. The van der Waals surface area contributed by atoms with E-state index in [-0.39, 0.29) is 11.4 Å². The molecule has 1 fully saturated rings. The first-order chi connectivity index (χ1) is 8.92. The fraction of sp³-hybridized carbons (Fsp3) is 0.706. The van der Waals surface area contributed by atoms with Crippen LogP contribution in [0.2, 0.25) is 0 Å². The Kier molecular flexibility index (Phi) is 4.17. The third-order valence-electron chi connectivity index (χ3n) is 5.00. The first kappa shape index (κ1) is 14.4. The van der Waals surface area contributed by atoms with E-state index < -0.39 is 0 Å². The lowest BCUT2D eigenvalue weighted by atomic mass is 9.51. The van der Waals surface area contributed by atoms with Gasteiger partial charge < -0.3 is 4.74 Å². The van der Waals surface area contributed by atoms with Crippen LogP contribution in [-0.2, 0) is 9.53 Å². The number of hydrogen-bond acceptors (Lipinski definition) is 2. The second kappa shape index (κ2) is 5.52. The van der Waals surface area contributed by atoms with Crippen molar-refractivity contribution in [2.75, 3.05) is 6.61 Å². The molecule has 0 unspecified atom stereocenters. The lowest BCUT2D eigenvalue weighted by Crippen LogP contribution is -2.49. The number of allylic oxidation sites excluding steroid dienone is 3. The zero-order valence-electron chi connectivity index (χ0n) is 12.5. The molecular formula is C17H26O2. The molecule has 19 heavy (non-hydrogen) atoms. The van der Waals surface area contributed by atoms with Crippen LogP contribution in [0.3, 0.4) is 0 Å². The van der Waals surface area contributed by atoms with E-state index in [4.69, 9.17) is 4.74 Å². The average molecular weight is 262 g/mol. The van der Waals surface area contributed by atoms with Crippen molar-refractivity contribution >= 4 is 5.97 Å². The molecule has 2 heteroatoms. The Morgan fingerprint density at radius 2 is 2.26 bits per heavy atom. The second-order valence-corrected chi connectivity index (χ2v) is 6.64. The highest BCUT2D eigenvalue weighted by Crippen LogP contribution is 2.57. The highest BCUT2D eigenvalue weighted by atomic mass is 16.5. The molecule has 0 aromatic heterocycles. The van der Waals surface area contributed by atoms with Gasteiger partial charge in [0.2, 0.25) is 0 Å². The Bertz CT molecular complexity index is 407. The molecule has 2 aliphatic carbocycles. The van der Waals surface area contributed by atoms with Crippen molar-refractivity contribution in [2.45, 2.75) is 52.9 Å². The Balaban J connectivity index is 2.06. The number of rotatable bonds is 2. The Labute approximate surface area is 116 Å². The van der Waals surface area contributed by atoms with Crippen molar-refractivity contribution < 1.29 is 9.53 Å². The Hall–Kier alpha value is -1.05. The summed E-state index contributed by atoms with van der Waals surface area (Å²) in [5, 5.41) is 0. The van der Waals surface area contributed by atoms with Crippen molar-refractivity contribution in [3.8, 4) is 0 Å². The second-order valence-electron chi connectivity index (χ2n) is 6.64. The zero-order valence-corrected chi connectivity index (χ0v) is 12.5.